The number of hydrogen-bond acceptors (Lipinski definition) is 4. The lowest BCUT2D eigenvalue weighted by molar-refractivity contribution is -0.129. The summed E-state index contributed by atoms with van der Waals surface area (Å²) in [5.74, 6) is -5.54. The SMILES string of the molecule is [2H]c1c(OC)c(OC([2H])([2H])[2H])c([2H])c2c1C([2H])([2H])C([2H])([2H])N1CC([2H])(CC(C)C)C(=O)C([2H])([2H])C21[2H]. The quantitative estimate of drug-likeness (QED) is 0.849. The molecular weight excluding hydrogens is 290 g/mol. The second-order valence-electron chi connectivity index (χ2n) is 5.79. The number of benzene rings is 1. The molecule has 0 bridgehead atoms. The van der Waals surface area contributed by atoms with Crippen molar-refractivity contribution in [1.29, 1.82) is 0 Å². The number of hydrogen-bond donors (Lipinski definition) is 0. The van der Waals surface area contributed by atoms with Gasteiger partial charge in [-0.25, -0.2) is 0 Å². The van der Waals surface area contributed by atoms with Gasteiger partial charge in [-0.2, -0.15) is 0 Å². The van der Waals surface area contributed by atoms with Crippen molar-refractivity contribution in [3.05, 3.63) is 23.2 Å². The normalized spacial score (nSPS) is 46.1. The molecule has 0 radical (unpaired) electrons. The van der Waals surface area contributed by atoms with Crippen LogP contribution in [-0.4, -0.2) is 37.9 Å². The summed E-state index contributed by atoms with van der Waals surface area (Å²) in [5.41, 5.74) is -1.87. The van der Waals surface area contributed by atoms with Crippen LogP contribution in [0.4, 0.5) is 0 Å². The highest BCUT2D eigenvalue weighted by Gasteiger charge is 2.38. The van der Waals surface area contributed by atoms with E-state index in [0.29, 0.717) is 4.90 Å². The summed E-state index contributed by atoms with van der Waals surface area (Å²) in [4.78, 5) is 13.8. The summed E-state index contributed by atoms with van der Waals surface area (Å²) in [6.07, 6.45) is -6.77. The van der Waals surface area contributed by atoms with E-state index in [1.54, 1.807) is 13.8 Å². The van der Waals surface area contributed by atoms with Gasteiger partial charge in [-0.15, -0.1) is 0 Å². The van der Waals surface area contributed by atoms with Gasteiger partial charge < -0.3 is 9.47 Å². The van der Waals surface area contributed by atoms with Crippen LogP contribution in [0.5, 0.6) is 11.5 Å². The number of methoxy groups -OCH3 is 2. The van der Waals surface area contributed by atoms with Crippen LogP contribution >= 0.6 is 0 Å². The number of fused-ring (bicyclic) bond motifs is 3. The highest BCUT2D eigenvalue weighted by molar-refractivity contribution is 5.83. The molecule has 4 nitrogen and oxygen atoms in total. The first-order valence-corrected chi connectivity index (χ1v) is 7.26. The standard InChI is InChI=1S/C19H27NO3/c1-12(2)7-14-11-20-6-5-13-8-18(22-3)19(23-4)9-15(13)16(20)10-17(14)21/h8-9,12,14,16H,5-7,10-11H2,1-4H3/i4D3,5D2,6D2,8D,9D,10D2,14D,16D. The van der Waals surface area contributed by atoms with E-state index in [1.165, 1.54) is 0 Å². The molecule has 2 heterocycles. The first-order valence-electron chi connectivity index (χ1n) is 13.8. The van der Waals surface area contributed by atoms with Crippen LogP contribution in [0.15, 0.2) is 12.1 Å². The zero-order valence-electron chi connectivity index (χ0n) is 26.2. The van der Waals surface area contributed by atoms with E-state index in [-0.39, 0.29) is 12.3 Å². The fourth-order valence-electron chi connectivity index (χ4n) is 2.62. The fraction of sp³-hybridized carbons (Fsp3) is 0.632. The Kier molecular flexibility index (Phi) is 1.91. The molecule has 1 fully saturated rings. The average Bonchev–Trinajstić information content (AvgIpc) is 2.69. The predicted molar refractivity (Wildman–Crippen MR) is 90.1 cm³/mol. The maximum absolute atomic E-state index is 13.4. The molecular formula is C19H27NO3. The summed E-state index contributed by atoms with van der Waals surface area (Å²) in [6.45, 7) is -0.786. The first kappa shape index (κ1) is 6.75. The van der Waals surface area contributed by atoms with E-state index < -0.39 is 85.2 Å². The van der Waals surface area contributed by atoms with Gasteiger partial charge in [0, 0.05) is 40.9 Å². The summed E-state index contributed by atoms with van der Waals surface area (Å²) < 4.78 is 119. The molecule has 1 aromatic rings. The molecule has 3 rings (SSSR count). The lowest BCUT2D eigenvalue weighted by atomic mass is 9.80. The first-order chi connectivity index (χ1) is 16.0. The molecule has 0 aliphatic carbocycles. The van der Waals surface area contributed by atoms with Crippen LogP contribution in [-0.2, 0) is 11.2 Å². The fourth-order valence-corrected chi connectivity index (χ4v) is 2.62. The van der Waals surface area contributed by atoms with Crippen LogP contribution in [0, 0.1) is 11.8 Å². The molecule has 1 aromatic carbocycles. The number of carbonyl (C=O) groups excluding carboxylic acids is 1. The maximum Gasteiger partial charge on any atom is 0.161 e. The summed E-state index contributed by atoms with van der Waals surface area (Å²) in [5, 5.41) is 0. The van der Waals surface area contributed by atoms with Crippen molar-refractivity contribution >= 4 is 5.78 Å². The Bertz CT molecular complexity index is 1100. The Labute approximate surface area is 157 Å². The molecule has 0 N–H and O–H groups in total. The zero-order valence-corrected chi connectivity index (χ0v) is 13.2. The summed E-state index contributed by atoms with van der Waals surface area (Å²) in [7, 11) is -2.19. The molecule has 126 valence electrons. The van der Waals surface area contributed by atoms with Crippen molar-refractivity contribution in [3.8, 4) is 11.5 Å². The Balaban J connectivity index is 2.53. The van der Waals surface area contributed by atoms with Crippen LogP contribution in [0.2, 0.25) is 0 Å². The van der Waals surface area contributed by atoms with Crippen molar-refractivity contribution in [2.24, 2.45) is 11.8 Å². The minimum atomic E-state index is -3.38. The van der Waals surface area contributed by atoms with E-state index >= 15 is 0 Å². The number of carbonyl (C=O) groups is 1. The van der Waals surface area contributed by atoms with E-state index in [1.807, 2.05) is 0 Å². The average molecular weight is 331 g/mol. The number of piperidine rings is 1. The summed E-state index contributed by atoms with van der Waals surface area (Å²) >= 11 is 0. The van der Waals surface area contributed by atoms with Crippen LogP contribution in [0.1, 0.15) is 61.6 Å². The molecule has 0 spiro atoms. The zero-order chi connectivity index (χ0) is 28.0. The Morgan fingerprint density at radius 2 is 2.26 bits per heavy atom. The molecule has 2 atom stereocenters. The Hall–Kier alpha value is -1.55. The molecule has 23 heavy (non-hydrogen) atoms. The third-order valence-electron chi connectivity index (χ3n) is 3.62. The lowest BCUT2D eigenvalue weighted by Crippen LogP contribution is -2.46. The maximum atomic E-state index is 13.4. The molecule has 2 aliphatic heterocycles. The minimum Gasteiger partial charge on any atom is -0.493 e. The summed E-state index contributed by atoms with van der Waals surface area (Å²) in [6, 6.07) is -5.13. The topological polar surface area (TPSA) is 38.8 Å². The van der Waals surface area contributed by atoms with E-state index in [4.69, 9.17) is 25.9 Å². The number of rotatable bonds is 4. The molecule has 2 aliphatic rings. The minimum absolute atomic E-state index is 0.211. The van der Waals surface area contributed by atoms with E-state index in [0.717, 1.165) is 7.11 Å². The van der Waals surface area contributed by atoms with Crippen LogP contribution in [0.3, 0.4) is 0 Å². The third kappa shape index (κ3) is 3.09. The van der Waals surface area contributed by atoms with Crippen molar-refractivity contribution in [2.45, 2.75) is 39.0 Å². The highest BCUT2D eigenvalue weighted by Crippen LogP contribution is 2.42. The lowest BCUT2D eigenvalue weighted by Gasteiger charge is -2.43. The molecule has 0 aromatic heterocycles. The number of Topliss-reactive ketones (excluding diaryl/α,β-unsaturated/α-hetero) is 1. The Morgan fingerprint density at radius 3 is 2.96 bits per heavy atom. The second-order valence-corrected chi connectivity index (χ2v) is 5.79. The largest absolute Gasteiger partial charge is 0.493 e. The van der Waals surface area contributed by atoms with Gasteiger partial charge in [-0.1, -0.05) is 13.8 Å². The van der Waals surface area contributed by atoms with Gasteiger partial charge in [-0.05, 0) is 41.9 Å². The van der Waals surface area contributed by atoms with Crippen LogP contribution in [0.25, 0.3) is 0 Å². The van der Waals surface area contributed by atoms with Gasteiger partial charge >= 0.3 is 0 Å². The third-order valence-corrected chi connectivity index (χ3v) is 3.62. The van der Waals surface area contributed by atoms with Crippen molar-refractivity contribution in [1.82, 2.24) is 4.90 Å². The molecule has 0 saturated carbocycles. The number of nitrogens with zero attached hydrogens (tertiary/aromatic N) is 1. The smallest absolute Gasteiger partial charge is 0.161 e. The number of ketones is 1. The van der Waals surface area contributed by atoms with Gasteiger partial charge in [0.15, 0.2) is 11.5 Å². The van der Waals surface area contributed by atoms with Crippen molar-refractivity contribution < 1.29 is 32.1 Å². The van der Waals surface area contributed by atoms with E-state index in [2.05, 4.69) is 0 Å². The predicted octanol–water partition coefficient (Wildman–Crippen LogP) is 3.24. The van der Waals surface area contributed by atoms with Gasteiger partial charge in [0.05, 0.1) is 22.4 Å². The highest BCUT2D eigenvalue weighted by atomic mass is 16.5. The van der Waals surface area contributed by atoms with Crippen molar-refractivity contribution in [3.63, 3.8) is 0 Å². The monoisotopic (exact) mass is 330 g/mol. The Morgan fingerprint density at radius 1 is 1.48 bits per heavy atom. The molecule has 2 unspecified atom stereocenters. The molecule has 1 saturated heterocycles. The van der Waals surface area contributed by atoms with Gasteiger partial charge in [0.2, 0.25) is 0 Å². The van der Waals surface area contributed by atoms with Gasteiger partial charge in [-0.3, -0.25) is 9.69 Å². The molecule has 4 heteroatoms. The van der Waals surface area contributed by atoms with Gasteiger partial charge in [0.25, 0.3) is 0 Å². The van der Waals surface area contributed by atoms with Gasteiger partial charge in [0.1, 0.15) is 5.78 Å². The second kappa shape index (κ2) is 6.52. The van der Waals surface area contributed by atoms with Crippen LogP contribution < -0.4 is 9.47 Å². The molecule has 0 amide bonds. The van der Waals surface area contributed by atoms with Crippen molar-refractivity contribution in [2.75, 3.05) is 27.2 Å². The number of ether oxygens (including phenoxy) is 2. The van der Waals surface area contributed by atoms with E-state index in [9.17, 15) is 6.17 Å².